The molecule has 1 N–H and O–H groups in total. The van der Waals surface area contributed by atoms with Gasteiger partial charge in [-0.3, -0.25) is 4.79 Å². The zero-order valence-electron chi connectivity index (χ0n) is 14.4. The zero-order valence-corrected chi connectivity index (χ0v) is 14.4. The lowest BCUT2D eigenvalue weighted by Gasteiger charge is -2.23. The van der Waals surface area contributed by atoms with E-state index in [0.717, 1.165) is 5.56 Å². The molecule has 0 heterocycles. The van der Waals surface area contributed by atoms with Crippen LogP contribution in [-0.2, 0) is 4.79 Å². The van der Waals surface area contributed by atoms with E-state index in [1.165, 1.54) is 0 Å². The number of nitrogens with zero attached hydrogens (tertiary/aromatic N) is 1. The fraction of sp³-hybridized carbons (Fsp3) is 0.316. The number of ether oxygens (including phenoxy) is 2. The number of carbonyl (C=O) groups is 1. The van der Waals surface area contributed by atoms with Gasteiger partial charge in [-0.2, -0.15) is 0 Å². The predicted molar refractivity (Wildman–Crippen MR) is 94.4 cm³/mol. The highest BCUT2D eigenvalue weighted by Crippen LogP contribution is 2.25. The molecule has 0 aliphatic heterocycles. The lowest BCUT2D eigenvalue weighted by atomic mass is 10.1. The second kappa shape index (κ2) is 8.93. The van der Waals surface area contributed by atoms with Crippen molar-refractivity contribution in [3.63, 3.8) is 0 Å². The van der Waals surface area contributed by atoms with Crippen LogP contribution in [0.1, 0.15) is 11.6 Å². The fourth-order valence-corrected chi connectivity index (χ4v) is 2.40. The minimum Gasteiger partial charge on any atom is -0.493 e. The molecule has 0 bridgehead atoms. The molecule has 128 valence electrons. The first kappa shape index (κ1) is 17.8. The Balaban J connectivity index is 1.97. The van der Waals surface area contributed by atoms with Crippen LogP contribution in [0.3, 0.4) is 0 Å². The van der Waals surface area contributed by atoms with Crippen LogP contribution in [0.4, 0.5) is 0 Å². The summed E-state index contributed by atoms with van der Waals surface area (Å²) >= 11 is 0. The van der Waals surface area contributed by atoms with Gasteiger partial charge in [-0.05, 0) is 31.8 Å². The highest BCUT2D eigenvalue weighted by molar-refractivity contribution is 5.78. The Bertz CT molecular complexity index is 644. The number of para-hydroxylation sites is 2. The summed E-state index contributed by atoms with van der Waals surface area (Å²) in [6, 6.07) is 17.1. The molecule has 1 amide bonds. The molecule has 0 aliphatic rings. The number of hydrogen-bond acceptors (Lipinski definition) is 4. The van der Waals surface area contributed by atoms with Crippen LogP contribution in [0, 0.1) is 0 Å². The molecule has 0 radical (unpaired) electrons. The minimum atomic E-state index is -0.170. The standard InChI is InChI=1S/C19H24N2O3/c1-21(2)13-16(15-9-5-4-6-10-15)20-19(22)14-24-18-12-8-7-11-17(18)23-3/h4-12,16H,13-14H2,1-3H3,(H,20,22)/t16-/m1/s1. The molecule has 0 aromatic heterocycles. The third kappa shape index (κ3) is 5.28. The van der Waals surface area contributed by atoms with E-state index < -0.39 is 0 Å². The Labute approximate surface area is 143 Å². The van der Waals surface area contributed by atoms with Crippen LogP contribution >= 0.6 is 0 Å². The lowest BCUT2D eigenvalue weighted by Crippen LogP contribution is -2.37. The van der Waals surface area contributed by atoms with E-state index in [-0.39, 0.29) is 18.6 Å². The maximum atomic E-state index is 12.3. The van der Waals surface area contributed by atoms with Crippen molar-refractivity contribution in [1.29, 1.82) is 0 Å². The van der Waals surface area contributed by atoms with E-state index in [1.54, 1.807) is 19.2 Å². The quantitative estimate of drug-likeness (QED) is 0.809. The SMILES string of the molecule is COc1ccccc1OCC(=O)N[C@H](CN(C)C)c1ccccc1. The summed E-state index contributed by atoms with van der Waals surface area (Å²) in [7, 11) is 5.53. The van der Waals surface area contributed by atoms with Gasteiger partial charge in [-0.25, -0.2) is 0 Å². The lowest BCUT2D eigenvalue weighted by molar-refractivity contribution is -0.124. The van der Waals surface area contributed by atoms with Gasteiger partial charge in [0.2, 0.25) is 0 Å². The summed E-state index contributed by atoms with van der Waals surface area (Å²) in [6.45, 7) is 0.654. The van der Waals surface area contributed by atoms with E-state index in [0.29, 0.717) is 18.0 Å². The molecule has 0 spiro atoms. The van der Waals surface area contributed by atoms with Crippen molar-refractivity contribution in [2.24, 2.45) is 0 Å². The van der Waals surface area contributed by atoms with Gasteiger partial charge >= 0.3 is 0 Å². The number of amides is 1. The monoisotopic (exact) mass is 328 g/mol. The van der Waals surface area contributed by atoms with Crippen molar-refractivity contribution in [1.82, 2.24) is 10.2 Å². The normalized spacial score (nSPS) is 11.8. The molecule has 2 aromatic rings. The largest absolute Gasteiger partial charge is 0.493 e. The summed E-state index contributed by atoms with van der Waals surface area (Å²) in [4.78, 5) is 14.3. The van der Waals surface area contributed by atoms with Crippen molar-refractivity contribution in [2.45, 2.75) is 6.04 Å². The Kier molecular flexibility index (Phi) is 6.63. The number of nitrogens with one attached hydrogen (secondary N) is 1. The van der Waals surface area contributed by atoms with Gasteiger partial charge in [-0.15, -0.1) is 0 Å². The van der Waals surface area contributed by atoms with Gasteiger partial charge in [0.25, 0.3) is 5.91 Å². The second-order valence-electron chi connectivity index (χ2n) is 5.73. The first-order valence-electron chi connectivity index (χ1n) is 7.85. The average molecular weight is 328 g/mol. The second-order valence-corrected chi connectivity index (χ2v) is 5.73. The first-order chi connectivity index (χ1) is 11.6. The van der Waals surface area contributed by atoms with Crippen LogP contribution in [0.5, 0.6) is 11.5 Å². The van der Waals surface area contributed by atoms with Gasteiger partial charge in [0.15, 0.2) is 18.1 Å². The molecule has 2 rings (SSSR count). The van der Waals surface area contributed by atoms with E-state index in [2.05, 4.69) is 5.32 Å². The van der Waals surface area contributed by atoms with Crippen molar-refractivity contribution >= 4 is 5.91 Å². The van der Waals surface area contributed by atoms with Gasteiger partial charge < -0.3 is 19.7 Å². The Morgan fingerprint density at radius 1 is 1.04 bits per heavy atom. The third-order valence-electron chi connectivity index (χ3n) is 3.51. The molecule has 0 aliphatic carbocycles. The zero-order chi connectivity index (χ0) is 17.4. The van der Waals surface area contributed by atoms with Gasteiger partial charge in [0.05, 0.1) is 13.2 Å². The predicted octanol–water partition coefficient (Wildman–Crippen LogP) is 2.49. The number of methoxy groups -OCH3 is 1. The van der Waals surface area contributed by atoms with Crippen LogP contribution < -0.4 is 14.8 Å². The van der Waals surface area contributed by atoms with Crippen LogP contribution in [-0.4, -0.2) is 45.2 Å². The highest BCUT2D eigenvalue weighted by atomic mass is 16.5. The van der Waals surface area contributed by atoms with Crippen LogP contribution in [0.15, 0.2) is 54.6 Å². The molecular weight excluding hydrogens is 304 g/mol. The number of carbonyl (C=O) groups excluding carboxylic acids is 1. The minimum absolute atomic E-state index is 0.0584. The molecule has 2 aromatic carbocycles. The smallest absolute Gasteiger partial charge is 0.258 e. The molecule has 5 nitrogen and oxygen atoms in total. The first-order valence-corrected chi connectivity index (χ1v) is 7.85. The van der Waals surface area contributed by atoms with Crippen LogP contribution in [0.25, 0.3) is 0 Å². The number of likely N-dealkylation sites (N-methyl/N-ethyl adjacent to an activating group) is 1. The molecule has 0 saturated carbocycles. The number of rotatable bonds is 8. The molecule has 24 heavy (non-hydrogen) atoms. The Morgan fingerprint density at radius 2 is 1.67 bits per heavy atom. The highest BCUT2D eigenvalue weighted by Gasteiger charge is 2.16. The Morgan fingerprint density at radius 3 is 2.29 bits per heavy atom. The number of benzene rings is 2. The van der Waals surface area contributed by atoms with Crippen molar-refractivity contribution < 1.29 is 14.3 Å². The van der Waals surface area contributed by atoms with Crippen LogP contribution in [0.2, 0.25) is 0 Å². The maximum Gasteiger partial charge on any atom is 0.258 e. The molecule has 5 heteroatoms. The molecule has 0 fully saturated rings. The summed E-state index contributed by atoms with van der Waals surface area (Å²) in [5.74, 6) is 0.994. The van der Waals surface area contributed by atoms with Crippen molar-refractivity contribution in [2.75, 3.05) is 34.4 Å². The van der Waals surface area contributed by atoms with E-state index in [1.807, 2.05) is 61.5 Å². The molecule has 1 atom stereocenters. The summed E-state index contributed by atoms with van der Waals surface area (Å²) < 4.78 is 10.8. The van der Waals surface area contributed by atoms with E-state index in [9.17, 15) is 4.79 Å². The van der Waals surface area contributed by atoms with E-state index >= 15 is 0 Å². The topological polar surface area (TPSA) is 50.8 Å². The summed E-state index contributed by atoms with van der Waals surface area (Å²) in [5.41, 5.74) is 1.07. The van der Waals surface area contributed by atoms with Crippen molar-refractivity contribution in [3.8, 4) is 11.5 Å². The number of hydrogen-bond donors (Lipinski definition) is 1. The third-order valence-corrected chi connectivity index (χ3v) is 3.51. The summed E-state index contributed by atoms with van der Waals surface area (Å²) in [5, 5.41) is 3.03. The van der Waals surface area contributed by atoms with Gasteiger partial charge in [0, 0.05) is 6.54 Å². The van der Waals surface area contributed by atoms with Gasteiger partial charge in [0.1, 0.15) is 0 Å². The van der Waals surface area contributed by atoms with Gasteiger partial charge in [-0.1, -0.05) is 42.5 Å². The maximum absolute atomic E-state index is 12.3. The molecule has 0 saturated heterocycles. The fourth-order valence-electron chi connectivity index (χ4n) is 2.40. The average Bonchev–Trinajstić information content (AvgIpc) is 2.60. The Hall–Kier alpha value is -2.53. The van der Waals surface area contributed by atoms with Crippen molar-refractivity contribution in [3.05, 3.63) is 60.2 Å². The van der Waals surface area contributed by atoms with E-state index in [4.69, 9.17) is 9.47 Å². The molecule has 0 unspecified atom stereocenters. The molecular formula is C19H24N2O3. The summed E-state index contributed by atoms with van der Waals surface area (Å²) in [6.07, 6.45) is 0.